The number of nitrogens with zero attached hydrogens (tertiary/aromatic N) is 3. The first kappa shape index (κ1) is 22.1. The topological polar surface area (TPSA) is 72.7 Å². The highest BCUT2D eigenvalue weighted by Crippen LogP contribution is 2.19. The molecule has 2 aromatic rings. The first-order valence-electron chi connectivity index (χ1n) is 8.42. The lowest BCUT2D eigenvalue weighted by Crippen LogP contribution is -2.42. The van der Waals surface area contributed by atoms with Crippen LogP contribution in [0.25, 0.3) is 0 Å². The monoisotopic (exact) mass is 473 g/mol. The van der Waals surface area contributed by atoms with E-state index in [-0.39, 0.29) is 30.1 Å². The van der Waals surface area contributed by atoms with Gasteiger partial charge in [-0.05, 0) is 25.5 Å². The second kappa shape index (κ2) is 12.4. The molecule has 0 aliphatic heterocycles. The zero-order valence-corrected chi connectivity index (χ0v) is 17.8. The van der Waals surface area contributed by atoms with Gasteiger partial charge in [0.15, 0.2) is 5.96 Å². The molecule has 2 N–H and O–H groups in total. The highest BCUT2D eigenvalue weighted by Gasteiger charge is 2.06. The lowest BCUT2D eigenvalue weighted by atomic mass is 10.3. The van der Waals surface area contributed by atoms with E-state index < -0.39 is 0 Å². The van der Waals surface area contributed by atoms with E-state index in [0.29, 0.717) is 6.54 Å². The average molecular weight is 473 g/mol. The second-order valence-electron chi connectivity index (χ2n) is 5.64. The maximum Gasteiger partial charge on any atom is 0.191 e. The molecule has 26 heavy (non-hydrogen) atoms. The maximum atomic E-state index is 5.89. The Morgan fingerprint density at radius 3 is 2.81 bits per heavy atom. The minimum atomic E-state index is -0.00314. The molecule has 1 unspecified atom stereocenters. The number of nitrogens with one attached hydrogen (secondary N) is 2. The van der Waals surface area contributed by atoms with Crippen molar-refractivity contribution in [3.05, 3.63) is 43.0 Å². The first-order chi connectivity index (χ1) is 12.2. The van der Waals surface area contributed by atoms with Crippen molar-refractivity contribution in [3.63, 3.8) is 0 Å². The number of imidazole rings is 1. The van der Waals surface area contributed by atoms with Crippen LogP contribution in [0.4, 0.5) is 0 Å². The molecule has 0 aliphatic carbocycles. The summed E-state index contributed by atoms with van der Waals surface area (Å²) in [7, 11) is 3.41. The smallest absolute Gasteiger partial charge is 0.191 e. The molecule has 8 heteroatoms. The van der Waals surface area contributed by atoms with E-state index in [0.717, 1.165) is 37.0 Å². The van der Waals surface area contributed by atoms with Crippen molar-refractivity contribution >= 4 is 29.9 Å². The van der Waals surface area contributed by atoms with Gasteiger partial charge in [-0.2, -0.15) is 0 Å². The van der Waals surface area contributed by atoms with Crippen molar-refractivity contribution in [1.82, 2.24) is 20.2 Å². The molecule has 0 spiro atoms. The van der Waals surface area contributed by atoms with Gasteiger partial charge in [-0.3, -0.25) is 4.99 Å². The Bertz CT molecular complexity index is 649. The number of ether oxygens (including phenoxy) is 2. The number of rotatable bonds is 9. The number of aryl methyl sites for hydroxylation is 1. The summed E-state index contributed by atoms with van der Waals surface area (Å²) < 4.78 is 13.2. The van der Waals surface area contributed by atoms with E-state index in [9.17, 15) is 0 Å². The Hall–Kier alpha value is -1.97. The molecule has 2 rings (SSSR count). The van der Waals surface area contributed by atoms with Gasteiger partial charge in [0, 0.05) is 38.6 Å². The van der Waals surface area contributed by atoms with E-state index in [2.05, 4.69) is 25.2 Å². The summed E-state index contributed by atoms with van der Waals surface area (Å²) in [6.07, 6.45) is 6.57. The van der Waals surface area contributed by atoms with Gasteiger partial charge in [-0.15, -0.1) is 24.0 Å². The van der Waals surface area contributed by atoms with Gasteiger partial charge in [-0.1, -0.05) is 6.07 Å². The Morgan fingerprint density at radius 2 is 2.12 bits per heavy atom. The minimum absolute atomic E-state index is 0. The van der Waals surface area contributed by atoms with Crippen LogP contribution in [0.5, 0.6) is 11.5 Å². The Morgan fingerprint density at radius 1 is 1.31 bits per heavy atom. The van der Waals surface area contributed by atoms with E-state index >= 15 is 0 Å². The standard InChI is InChI=1S/C18H27N5O2.HI/c1-15(25-17-7-4-6-16(12-17)24-3)13-22-18(19-2)21-8-5-10-23-11-9-20-14-23;/h4,6-7,9,11-12,14-15H,5,8,10,13H2,1-3H3,(H2,19,21,22);1H. The molecular weight excluding hydrogens is 445 g/mol. The largest absolute Gasteiger partial charge is 0.497 e. The van der Waals surface area contributed by atoms with E-state index in [1.807, 2.05) is 43.7 Å². The fraction of sp³-hybridized carbons (Fsp3) is 0.444. The molecule has 0 bridgehead atoms. The molecule has 7 nitrogen and oxygen atoms in total. The summed E-state index contributed by atoms with van der Waals surface area (Å²) in [5, 5.41) is 6.57. The van der Waals surface area contributed by atoms with Crippen LogP contribution in [-0.4, -0.2) is 48.9 Å². The summed E-state index contributed by atoms with van der Waals surface area (Å²) in [5.74, 6) is 2.34. The molecule has 0 aliphatic rings. The molecule has 1 atom stereocenters. The second-order valence-corrected chi connectivity index (χ2v) is 5.64. The molecule has 1 heterocycles. The van der Waals surface area contributed by atoms with Gasteiger partial charge < -0.3 is 24.7 Å². The lowest BCUT2D eigenvalue weighted by molar-refractivity contribution is 0.223. The van der Waals surface area contributed by atoms with Crippen LogP contribution < -0.4 is 20.1 Å². The summed E-state index contributed by atoms with van der Waals surface area (Å²) in [5.41, 5.74) is 0. The number of hydrogen-bond donors (Lipinski definition) is 2. The number of aliphatic imine (C=N–C) groups is 1. The minimum Gasteiger partial charge on any atom is -0.497 e. The van der Waals surface area contributed by atoms with Crippen LogP contribution in [0.2, 0.25) is 0 Å². The van der Waals surface area contributed by atoms with Crippen LogP contribution >= 0.6 is 24.0 Å². The lowest BCUT2D eigenvalue weighted by Gasteiger charge is -2.18. The highest BCUT2D eigenvalue weighted by atomic mass is 127. The predicted molar refractivity (Wildman–Crippen MR) is 115 cm³/mol. The number of methoxy groups -OCH3 is 1. The summed E-state index contributed by atoms with van der Waals surface area (Å²) in [6.45, 7) is 4.43. The molecule has 1 aromatic heterocycles. The first-order valence-corrected chi connectivity index (χ1v) is 8.42. The maximum absolute atomic E-state index is 5.89. The zero-order valence-electron chi connectivity index (χ0n) is 15.5. The van der Waals surface area contributed by atoms with Crippen LogP contribution in [0.3, 0.4) is 0 Å². The van der Waals surface area contributed by atoms with Crippen molar-refractivity contribution in [2.45, 2.75) is 26.0 Å². The van der Waals surface area contributed by atoms with Gasteiger partial charge in [0.2, 0.25) is 0 Å². The zero-order chi connectivity index (χ0) is 17.9. The SMILES string of the molecule is CN=C(NCCCn1ccnc1)NCC(C)Oc1cccc(OC)c1.I. The molecule has 0 saturated heterocycles. The number of halogens is 1. The van der Waals surface area contributed by atoms with E-state index in [1.165, 1.54) is 0 Å². The van der Waals surface area contributed by atoms with Crippen LogP contribution in [0, 0.1) is 0 Å². The quantitative estimate of drug-likeness (QED) is 0.254. The van der Waals surface area contributed by atoms with Crippen LogP contribution in [0.15, 0.2) is 48.0 Å². The molecule has 0 fully saturated rings. The fourth-order valence-electron chi connectivity index (χ4n) is 2.30. The summed E-state index contributed by atoms with van der Waals surface area (Å²) in [4.78, 5) is 8.26. The van der Waals surface area contributed by atoms with Crippen LogP contribution in [-0.2, 0) is 6.54 Å². The normalized spacial score (nSPS) is 12.0. The van der Waals surface area contributed by atoms with Crippen molar-refractivity contribution in [2.24, 2.45) is 4.99 Å². The highest BCUT2D eigenvalue weighted by molar-refractivity contribution is 14.0. The van der Waals surface area contributed by atoms with Crippen molar-refractivity contribution in [3.8, 4) is 11.5 Å². The molecule has 144 valence electrons. The summed E-state index contributed by atoms with van der Waals surface area (Å²) in [6, 6.07) is 7.60. The van der Waals surface area contributed by atoms with Gasteiger partial charge in [0.1, 0.15) is 17.6 Å². The molecule has 1 aromatic carbocycles. The Labute approximate surface area is 172 Å². The average Bonchev–Trinajstić information content (AvgIpc) is 3.14. The Balaban J connectivity index is 0.00000338. The third-order valence-corrected chi connectivity index (χ3v) is 3.60. The van der Waals surface area contributed by atoms with E-state index in [4.69, 9.17) is 9.47 Å². The summed E-state index contributed by atoms with van der Waals surface area (Å²) >= 11 is 0. The van der Waals surface area contributed by atoms with Gasteiger partial charge >= 0.3 is 0 Å². The number of benzene rings is 1. The molecule has 0 amide bonds. The predicted octanol–water partition coefficient (Wildman–Crippen LogP) is 2.53. The Kier molecular flexibility index (Phi) is 10.5. The number of hydrogen-bond acceptors (Lipinski definition) is 4. The van der Waals surface area contributed by atoms with Gasteiger partial charge in [0.25, 0.3) is 0 Å². The van der Waals surface area contributed by atoms with Gasteiger partial charge in [0.05, 0.1) is 20.0 Å². The van der Waals surface area contributed by atoms with Crippen LogP contribution in [0.1, 0.15) is 13.3 Å². The van der Waals surface area contributed by atoms with Crippen molar-refractivity contribution in [1.29, 1.82) is 0 Å². The molecule has 0 radical (unpaired) electrons. The third kappa shape index (κ3) is 7.94. The number of aromatic nitrogens is 2. The third-order valence-electron chi connectivity index (χ3n) is 3.60. The van der Waals surface area contributed by atoms with Gasteiger partial charge in [-0.25, -0.2) is 4.98 Å². The van der Waals surface area contributed by atoms with Crippen molar-refractivity contribution in [2.75, 3.05) is 27.2 Å². The van der Waals surface area contributed by atoms with Crippen molar-refractivity contribution < 1.29 is 9.47 Å². The number of guanidine groups is 1. The van der Waals surface area contributed by atoms with E-state index in [1.54, 1.807) is 20.4 Å². The molecular formula is C18H28IN5O2. The fourth-order valence-corrected chi connectivity index (χ4v) is 2.30. The molecule has 0 saturated carbocycles.